The van der Waals surface area contributed by atoms with Crippen LogP contribution in [0.3, 0.4) is 0 Å². The Morgan fingerprint density at radius 2 is 2.42 bits per heavy atom. The Kier molecular flexibility index (Phi) is 3.63. The van der Waals surface area contributed by atoms with Gasteiger partial charge in [0.25, 0.3) is 0 Å². The van der Waals surface area contributed by atoms with E-state index in [1.807, 2.05) is 19.1 Å². The predicted octanol–water partition coefficient (Wildman–Crippen LogP) is 3.28. The molecule has 0 radical (unpaired) electrons. The van der Waals surface area contributed by atoms with Crippen LogP contribution in [-0.4, -0.2) is 25.1 Å². The molecule has 0 aliphatic carbocycles. The van der Waals surface area contributed by atoms with Gasteiger partial charge in [0.05, 0.1) is 18.2 Å². The molecule has 4 heterocycles. The predicted molar refractivity (Wildman–Crippen MR) is 90.8 cm³/mol. The van der Waals surface area contributed by atoms with Gasteiger partial charge in [0.2, 0.25) is 0 Å². The van der Waals surface area contributed by atoms with Crippen LogP contribution in [0.4, 0.5) is 10.8 Å². The van der Waals surface area contributed by atoms with Crippen LogP contribution in [-0.2, 0) is 4.74 Å². The first-order valence-electron chi connectivity index (χ1n) is 7.52. The average Bonchev–Trinajstić information content (AvgIpc) is 3.22. The van der Waals surface area contributed by atoms with Gasteiger partial charge in [0.1, 0.15) is 16.9 Å². The standard InChI is InChI=1S/C16H14N6OS/c1-10-6-15(24-21-10)20-14-4-5-18-16-13(8-19-22(14)16)11-2-3-12(7-17)23-9-11/h4-6,8-9,12,20H,2-3H2,1H3. The molecule has 8 heteroatoms. The van der Waals surface area contributed by atoms with Gasteiger partial charge in [-0.25, -0.2) is 4.98 Å². The van der Waals surface area contributed by atoms with Crippen molar-refractivity contribution in [1.29, 1.82) is 5.26 Å². The second-order valence-electron chi connectivity index (χ2n) is 5.52. The lowest BCUT2D eigenvalue weighted by Gasteiger charge is -2.17. The van der Waals surface area contributed by atoms with Gasteiger partial charge in [-0.1, -0.05) is 0 Å². The average molecular weight is 338 g/mol. The monoisotopic (exact) mass is 338 g/mol. The third-order valence-corrected chi connectivity index (χ3v) is 4.62. The Hall–Kier alpha value is -2.92. The van der Waals surface area contributed by atoms with Crippen molar-refractivity contribution in [2.75, 3.05) is 5.32 Å². The minimum atomic E-state index is -0.365. The summed E-state index contributed by atoms with van der Waals surface area (Å²) in [5, 5.41) is 17.6. The zero-order valence-corrected chi connectivity index (χ0v) is 13.7. The van der Waals surface area contributed by atoms with E-state index in [-0.39, 0.29) is 6.10 Å². The third-order valence-electron chi connectivity index (χ3n) is 3.82. The molecule has 24 heavy (non-hydrogen) atoms. The van der Waals surface area contributed by atoms with Crippen LogP contribution in [0.25, 0.3) is 11.2 Å². The summed E-state index contributed by atoms with van der Waals surface area (Å²) in [6, 6.07) is 5.99. The first kappa shape index (κ1) is 14.7. The van der Waals surface area contributed by atoms with Crippen LogP contribution in [0, 0.1) is 18.3 Å². The van der Waals surface area contributed by atoms with Crippen molar-refractivity contribution in [1.82, 2.24) is 19.0 Å². The Bertz CT molecular complexity index is 967. The maximum absolute atomic E-state index is 8.91. The van der Waals surface area contributed by atoms with E-state index in [1.54, 1.807) is 23.2 Å². The highest BCUT2D eigenvalue weighted by molar-refractivity contribution is 7.10. The lowest BCUT2D eigenvalue weighted by molar-refractivity contribution is 0.175. The number of hydrogen-bond donors (Lipinski definition) is 1. The van der Waals surface area contributed by atoms with E-state index < -0.39 is 0 Å². The summed E-state index contributed by atoms with van der Waals surface area (Å²) < 4.78 is 11.5. The molecule has 4 rings (SSSR count). The highest BCUT2D eigenvalue weighted by atomic mass is 32.1. The molecule has 120 valence electrons. The van der Waals surface area contributed by atoms with Gasteiger partial charge in [-0.3, -0.25) is 0 Å². The van der Waals surface area contributed by atoms with Gasteiger partial charge in [-0.2, -0.15) is 19.2 Å². The highest BCUT2D eigenvalue weighted by Crippen LogP contribution is 2.30. The lowest BCUT2D eigenvalue weighted by Crippen LogP contribution is -2.11. The van der Waals surface area contributed by atoms with E-state index in [2.05, 4.69) is 25.8 Å². The molecule has 3 aromatic rings. The largest absolute Gasteiger partial charge is 0.483 e. The van der Waals surface area contributed by atoms with E-state index in [9.17, 15) is 0 Å². The Labute approximate surface area is 142 Å². The molecular weight excluding hydrogens is 324 g/mol. The number of allylic oxidation sites excluding steroid dienone is 1. The molecule has 7 nitrogen and oxygen atoms in total. The SMILES string of the molecule is Cc1cc(Nc2ccnc3c(C4=COC(C#N)CC4)cnn23)sn1. The van der Waals surface area contributed by atoms with Crippen LogP contribution in [0.1, 0.15) is 24.1 Å². The molecule has 0 saturated heterocycles. The topological polar surface area (TPSA) is 88.1 Å². The van der Waals surface area contributed by atoms with Gasteiger partial charge in [-0.05, 0) is 42.6 Å². The van der Waals surface area contributed by atoms with Crippen LogP contribution < -0.4 is 5.32 Å². The summed E-state index contributed by atoms with van der Waals surface area (Å²) >= 11 is 1.41. The van der Waals surface area contributed by atoms with Gasteiger partial charge in [-0.15, -0.1) is 0 Å². The molecule has 0 fully saturated rings. The summed E-state index contributed by atoms with van der Waals surface area (Å²) in [7, 11) is 0. The molecule has 1 unspecified atom stereocenters. The number of nitrogens with zero attached hydrogens (tertiary/aromatic N) is 5. The second kappa shape index (κ2) is 5.94. The van der Waals surface area contributed by atoms with Gasteiger partial charge in [0.15, 0.2) is 11.8 Å². The number of ether oxygens (including phenoxy) is 1. The number of anilines is 2. The molecule has 0 saturated carbocycles. The zero-order chi connectivity index (χ0) is 16.5. The fourth-order valence-electron chi connectivity index (χ4n) is 2.63. The van der Waals surface area contributed by atoms with Crippen molar-refractivity contribution < 1.29 is 4.74 Å². The first-order chi connectivity index (χ1) is 11.7. The molecule has 0 spiro atoms. The minimum absolute atomic E-state index is 0.365. The maximum Gasteiger partial charge on any atom is 0.183 e. The molecule has 1 aliphatic rings. The fourth-order valence-corrected chi connectivity index (χ4v) is 3.30. The van der Waals surface area contributed by atoms with Gasteiger partial charge >= 0.3 is 0 Å². The highest BCUT2D eigenvalue weighted by Gasteiger charge is 2.19. The fraction of sp³-hybridized carbons (Fsp3) is 0.250. The molecule has 3 aromatic heterocycles. The van der Waals surface area contributed by atoms with Crippen LogP contribution >= 0.6 is 11.5 Å². The van der Waals surface area contributed by atoms with Crippen molar-refractivity contribution in [3.8, 4) is 6.07 Å². The minimum Gasteiger partial charge on any atom is -0.483 e. The van der Waals surface area contributed by atoms with E-state index in [0.717, 1.165) is 39.7 Å². The maximum atomic E-state index is 8.91. The number of hydrogen-bond acceptors (Lipinski definition) is 7. The van der Waals surface area contributed by atoms with Gasteiger partial charge in [0, 0.05) is 18.2 Å². The molecular formula is C16H14N6OS. The first-order valence-corrected chi connectivity index (χ1v) is 8.29. The van der Waals surface area contributed by atoms with E-state index >= 15 is 0 Å². The summed E-state index contributed by atoms with van der Waals surface area (Å²) in [5.41, 5.74) is 3.67. The van der Waals surface area contributed by atoms with Crippen molar-refractivity contribution in [2.24, 2.45) is 0 Å². The summed E-state index contributed by atoms with van der Waals surface area (Å²) in [4.78, 5) is 4.45. The quantitative estimate of drug-likeness (QED) is 0.788. The number of nitriles is 1. The molecule has 0 bridgehead atoms. The van der Waals surface area contributed by atoms with Crippen molar-refractivity contribution >= 4 is 33.6 Å². The lowest BCUT2D eigenvalue weighted by atomic mass is 10.0. The van der Waals surface area contributed by atoms with Crippen LogP contribution in [0.2, 0.25) is 0 Å². The van der Waals surface area contributed by atoms with Crippen LogP contribution in [0.5, 0.6) is 0 Å². The molecule has 1 N–H and O–H groups in total. The third kappa shape index (κ3) is 2.59. The number of nitrogens with one attached hydrogen (secondary N) is 1. The number of rotatable bonds is 3. The molecule has 1 aliphatic heterocycles. The normalized spacial score (nSPS) is 17.2. The molecule has 1 atom stereocenters. The molecule has 0 amide bonds. The number of aryl methyl sites for hydroxylation is 1. The Morgan fingerprint density at radius 3 is 3.12 bits per heavy atom. The van der Waals surface area contributed by atoms with Crippen LogP contribution in [0.15, 0.2) is 30.8 Å². The van der Waals surface area contributed by atoms with Crippen molar-refractivity contribution in [3.63, 3.8) is 0 Å². The number of aromatic nitrogens is 4. The summed E-state index contributed by atoms with van der Waals surface area (Å²) in [6.07, 6.45) is 6.27. The second-order valence-corrected chi connectivity index (χ2v) is 6.32. The molecule has 0 aromatic carbocycles. The summed E-state index contributed by atoms with van der Waals surface area (Å²) in [5.74, 6) is 0.821. The van der Waals surface area contributed by atoms with Crippen molar-refractivity contribution in [3.05, 3.63) is 42.0 Å². The Balaban J connectivity index is 1.69. The number of fused-ring (bicyclic) bond motifs is 1. The van der Waals surface area contributed by atoms with E-state index in [0.29, 0.717) is 6.42 Å². The smallest absolute Gasteiger partial charge is 0.183 e. The van der Waals surface area contributed by atoms with Crippen molar-refractivity contribution in [2.45, 2.75) is 25.9 Å². The zero-order valence-electron chi connectivity index (χ0n) is 12.9. The van der Waals surface area contributed by atoms with Gasteiger partial charge < -0.3 is 10.1 Å². The van der Waals surface area contributed by atoms with E-state index in [4.69, 9.17) is 10.00 Å². The summed E-state index contributed by atoms with van der Waals surface area (Å²) in [6.45, 7) is 1.96. The Morgan fingerprint density at radius 1 is 1.50 bits per heavy atom. The van der Waals surface area contributed by atoms with E-state index in [1.165, 1.54) is 11.5 Å².